The predicted octanol–water partition coefficient (Wildman–Crippen LogP) is 0.278. The fraction of sp³-hybridized carbons (Fsp3) is 0.800. The molecule has 58 valence electrons. The molecular formula is C5H13N5. The maximum atomic E-state index is 3.70. The van der Waals surface area contributed by atoms with E-state index in [1.54, 1.807) is 11.7 Å². The quantitative estimate of drug-likeness (QED) is 0.646. The summed E-state index contributed by atoms with van der Waals surface area (Å²) in [6.07, 6.45) is 0. The number of rotatable bonds is 2. The van der Waals surface area contributed by atoms with Gasteiger partial charge in [-0.15, -0.1) is 0 Å². The third kappa shape index (κ3) is 1.68. The Balaban J connectivity index is 0.000000810. The average Bonchev–Trinajstić information content (AvgIpc) is 2.18. The van der Waals surface area contributed by atoms with Crippen LogP contribution in [0.5, 0.6) is 0 Å². The molecule has 1 aromatic rings. The highest BCUT2D eigenvalue weighted by atomic mass is 15.6. The molecule has 0 aliphatic carbocycles. The minimum absolute atomic E-state index is 0. The van der Waals surface area contributed by atoms with Crippen LogP contribution in [0.15, 0.2) is 0 Å². The van der Waals surface area contributed by atoms with E-state index in [1.807, 2.05) is 6.92 Å². The molecule has 0 saturated carbocycles. The molecule has 1 aromatic heterocycles. The smallest absolute Gasteiger partial charge is 0.242 e. The van der Waals surface area contributed by atoms with Gasteiger partial charge in [0, 0.05) is 13.6 Å². The molecule has 5 nitrogen and oxygen atoms in total. The van der Waals surface area contributed by atoms with E-state index in [0.717, 1.165) is 6.54 Å². The van der Waals surface area contributed by atoms with E-state index < -0.39 is 0 Å². The molecule has 0 fully saturated rings. The first-order valence-corrected chi connectivity index (χ1v) is 2.81. The lowest BCUT2D eigenvalue weighted by molar-refractivity contribution is 0.713. The van der Waals surface area contributed by atoms with Gasteiger partial charge in [-0.25, -0.2) is 4.68 Å². The second kappa shape index (κ2) is 3.81. The minimum Gasteiger partial charge on any atom is -0.353 e. The fourth-order valence-corrected chi connectivity index (χ4v) is 0.537. The maximum Gasteiger partial charge on any atom is 0.242 e. The molecule has 5 heteroatoms. The number of hydrogen-bond acceptors (Lipinski definition) is 4. The second-order valence-corrected chi connectivity index (χ2v) is 1.66. The van der Waals surface area contributed by atoms with Crippen molar-refractivity contribution in [2.45, 2.75) is 14.4 Å². The van der Waals surface area contributed by atoms with Gasteiger partial charge in [-0.3, -0.25) is 0 Å². The van der Waals surface area contributed by atoms with Crippen LogP contribution in [0.4, 0.5) is 5.95 Å². The number of nitrogens with one attached hydrogen (secondary N) is 1. The lowest BCUT2D eigenvalue weighted by Crippen LogP contribution is -2.03. The molecule has 1 heterocycles. The van der Waals surface area contributed by atoms with Crippen molar-refractivity contribution >= 4 is 5.95 Å². The van der Waals surface area contributed by atoms with Gasteiger partial charge in [0.2, 0.25) is 5.95 Å². The molecule has 0 aromatic carbocycles. The van der Waals surface area contributed by atoms with Crippen LogP contribution in [-0.2, 0) is 7.05 Å². The molecule has 0 radical (unpaired) electrons. The maximum absolute atomic E-state index is 3.70. The Labute approximate surface area is 60.4 Å². The van der Waals surface area contributed by atoms with E-state index in [-0.39, 0.29) is 7.43 Å². The monoisotopic (exact) mass is 143 g/mol. The van der Waals surface area contributed by atoms with Crippen molar-refractivity contribution in [3.8, 4) is 0 Å². The first-order chi connectivity index (χ1) is 4.34. The summed E-state index contributed by atoms with van der Waals surface area (Å²) in [4.78, 5) is 0. The molecule has 0 amide bonds. The van der Waals surface area contributed by atoms with Gasteiger partial charge in [-0.2, -0.15) is 0 Å². The van der Waals surface area contributed by atoms with Crippen LogP contribution in [-0.4, -0.2) is 26.8 Å². The molecule has 0 unspecified atom stereocenters. The second-order valence-electron chi connectivity index (χ2n) is 1.66. The average molecular weight is 143 g/mol. The molecule has 0 bridgehead atoms. The number of hydrogen-bond donors (Lipinski definition) is 1. The van der Waals surface area contributed by atoms with Gasteiger partial charge < -0.3 is 5.32 Å². The predicted molar refractivity (Wildman–Crippen MR) is 39.7 cm³/mol. The summed E-state index contributed by atoms with van der Waals surface area (Å²) < 4.78 is 1.59. The Morgan fingerprint density at radius 1 is 1.60 bits per heavy atom. The normalized spacial score (nSPS) is 8.60. The van der Waals surface area contributed by atoms with Crippen LogP contribution in [0.1, 0.15) is 14.4 Å². The van der Waals surface area contributed by atoms with Crippen molar-refractivity contribution < 1.29 is 0 Å². The number of anilines is 1. The molecule has 1 rings (SSSR count). The summed E-state index contributed by atoms with van der Waals surface area (Å²) in [6.45, 7) is 2.84. The number of aromatic nitrogens is 4. The summed E-state index contributed by atoms with van der Waals surface area (Å²) in [5, 5.41) is 13.7. The van der Waals surface area contributed by atoms with E-state index in [2.05, 4.69) is 20.8 Å². The summed E-state index contributed by atoms with van der Waals surface area (Å²) in [7, 11) is 1.79. The van der Waals surface area contributed by atoms with Gasteiger partial charge in [0.05, 0.1) is 0 Å². The van der Waals surface area contributed by atoms with Gasteiger partial charge >= 0.3 is 0 Å². The largest absolute Gasteiger partial charge is 0.353 e. The zero-order valence-corrected chi connectivity index (χ0v) is 5.50. The zero-order valence-electron chi connectivity index (χ0n) is 5.50. The van der Waals surface area contributed by atoms with Gasteiger partial charge in [0.1, 0.15) is 0 Å². The Kier molecular flexibility index (Phi) is 3.38. The highest BCUT2D eigenvalue weighted by Gasteiger charge is 1.95. The van der Waals surface area contributed by atoms with Gasteiger partial charge in [0.25, 0.3) is 0 Å². The molecule has 0 saturated heterocycles. The van der Waals surface area contributed by atoms with Gasteiger partial charge in [-0.1, -0.05) is 12.5 Å². The van der Waals surface area contributed by atoms with Crippen molar-refractivity contribution in [3.05, 3.63) is 0 Å². The van der Waals surface area contributed by atoms with Gasteiger partial charge in [-0.05, 0) is 17.4 Å². The summed E-state index contributed by atoms with van der Waals surface area (Å²) >= 11 is 0. The van der Waals surface area contributed by atoms with E-state index in [4.69, 9.17) is 0 Å². The first-order valence-electron chi connectivity index (χ1n) is 2.81. The van der Waals surface area contributed by atoms with Crippen LogP contribution >= 0.6 is 0 Å². The standard InChI is InChI=1S/C4H9N5.CH4/c1-3-5-4-6-7-8-9(4)2;/h3H2,1-2H3,(H,5,6,8);1H4. The molecule has 1 N–H and O–H groups in total. The van der Waals surface area contributed by atoms with E-state index >= 15 is 0 Å². The lowest BCUT2D eigenvalue weighted by Gasteiger charge is -1.96. The van der Waals surface area contributed by atoms with Crippen LogP contribution in [0, 0.1) is 0 Å². The Morgan fingerprint density at radius 2 is 2.30 bits per heavy atom. The summed E-state index contributed by atoms with van der Waals surface area (Å²) in [5.74, 6) is 0.706. The van der Waals surface area contributed by atoms with Crippen molar-refractivity contribution in [2.24, 2.45) is 7.05 Å². The highest BCUT2D eigenvalue weighted by Crippen LogP contribution is 1.92. The Bertz CT molecular complexity index is 182. The molecule has 10 heavy (non-hydrogen) atoms. The number of tetrazole rings is 1. The number of nitrogens with zero attached hydrogens (tertiary/aromatic N) is 4. The molecule has 0 spiro atoms. The molecule has 0 atom stereocenters. The Morgan fingerprint density at radius 3 is 2.70 bits per heavy atom. The van der Waals surface area contributed by atoms with E-state index in [1.165, 1.54) is 0 Å². The van der Waals surface area contributed by atoms with Crippen LogP contribution in [0.3, 0.4) is 0 Å². The number of aryl methyl sites for hydroxylation is 1. The summed E-state index contributed by atoms with van der Waals surface area (Å²) in [6, 6.07) is 0. The minimum atomic E-state index is 0. The molecular weight excluding hydrogens is 130 g/mol. The third-order valence-corrected chi connectivity index (χ3v) is 0.955. The van der Waals surface area contributed by atoms with Crippen molar-refractivity contribution in [3.63, 3.8) is 0 Å². The summed E-state index contributed by atoms with van der Waals surface area (Å²) in [5.41, 5.74) is 0. The zero-order chi connectivity index (χ0) is 6.69. The van der Waals surface area contributed by atoms with Crippen LogP contribution in [0.25, 0.3) is 0 Å². The first kappa shape index (κ1) is 8.87. The Hall–Kier alpha value is -1.13. The lowest BCUT2D eigenvalue weighted by atomic mass is 10.7. The van der Waals surface area contributed by atoms with E-state index in [0.29, 0.717) is 5.95 Å². The molecule has 0 aliphatic heterocycles. The van der Waals surface area contributed by atoms with Crippen LogP contribution in [0.2, 0.25) is 0 Å². The topological polar surface area (TPSA) is 55.6 Å². The van der Waals surface area contributed by atoms with E-state index in [9.17, 15) is 0 Å². The fourth-order valence-electron chi connectivity index (χ4n) is 0.537. The van der Waals surface area contributed by atoms with Crippen molar-refractivity contribution in [1.29, 1.82) is 0 Å². The third-order valence-electron chi connectivity index (χ3n) is 0.955. The van der Waals surface area contributed by atoms with Gasteiger partial charge in [0.15, 0.2) is 0 Å². The molecule has 0 aliphatic rings. The highest BCUT2D eigenvalue weighted by molar-refractivity contribution is 5.19. The van der Waals surface area contributed by atoms with Crippen molar-refractivity contribution in [2.75, 3.05) is 11.9 Å². The SMILES string of the molecule is C.CCNc1nnnn1C. The van der Waals surface area contributed by atoms with Crippen molar-refractivity contribution in [1.82, 2.24) is 20.2 Å². The van der Waals surface area contributed by atoms with Crippen LogP contribution < -0.4 is 5.32 Å².